The third-order valence-electron chi connectivity index (χ3n) is 5.91. The molecule has 1 aromatic heterocycles. The summed E-state index contributed by atoms with van der Waals surface area (Å²) in [5, 5.41) is 3.82. The molecule has 1 N–H and O–H groups in total. The normalized spacial score (nSPS) is 13.4. The molecule has 0 saturated carbocycles. The lowest BCUT2D eigenvalue weighted by Crippen LogP contribution is -2.46. The average Bonchev–Trinajstić information content (AvgIpc) is 2.83. The Hall–Kier alpha value is -3.22. The largest absolute Gasteiger partial charge is 0.416 e. The number of benzene rings is 3. The van der Waals surface area contributed by atoms with E-state index in [0.717, 1.165) is 28.8 Å². The molecule has 1 atom stereocenters. The number of alkyl halides is 3. The fraction of sp³-hybridized carbons (Fsp3) is 0.179. The minimum Gasteiger partial charge on any atom is -0.298 e. The lowest BCUT2D eigenvalue weighted by atomic mass is 9.79. The van der Waals surface area contributed by atoms with E-state index in [1.54, 1.807) is 12.1 Å². The van der Waals surface area contributed by atoms with Crippen molar-refractivity contribution in [2.24, 2.45) is 0 Å². The number of hydrogen-bond acceptors (Lipinski definition) is 2. The number of halogens is 5. The van der Waals surface area contributed by atoms with Gasteiger partial charge in [0.2, 0.25) is 0 Å². The van der Waals surface area contributed by atoms with E-state index in [-0.39, 0.29) is 12.0 Å². The molecule has 0 aliphatic rings. The highest BCUT2D eigenvalue weighted by Crippen LogP contribution is 2.38. The van der Waals surface area contributed by atoms with E-state index in [1.165, 1.54) is 6.20 Å². The van der Waals surface area contributed by atoms with Crippen LogP contribution in [0.5, 0.6) is 0 Å². The first-order chi connectivity index (χ1) is 16.7. The van der Waals surface area contributed by atoms with E-state index in [9.17, 15) is 17.6 Å². The highest BCUT2D eigenvalue weighted by molar-refractivity contribution is 6.30. The summed E-state index contributed by atoms with van der Waals surface area (Å²) in [7, 11) is 0. The average molecular weight is 499 g/mol. The number of nitrogens with one attached hydrogen (secondary N) is 1. The first-order valence-corrected chi connectivity index (χ1v) is 11.4. The van der Waals surface area contributed by atoms with Crippen LogP contribution >= 0.6 is 11.6 Å². The van der Waals surface area contributed by atoms with Gasteiger partial charge in [0, 0.05) is 19.2 Å². The first kappa shape index (κ1) is 24.9. The van der Waals surface area contributed by atoms with Crippen molar-refractivity contribution in [3.05, 3.63) is 135 Å². The molecule has 0 spiro atoms. The van der Waals surface area contributed by atoms with E-state index < -0.39 is 23.1 Å². The second-order valence-corrected chi connectivity index (χ2v) is 8.93. The molecule has 7 heteroatoms. The molecule has 0 fully saturated rings. The van der Waals surface area contributed by atoms with E-state index >= 15 is 0 Å². The predicted octanol–water partition coefficient (Wildman–Crippen LogP) is 7.48. The molecule has 1 heterocycles. The summed E-state index contributed by atoms with van der Waals surface area (Å²) < 4.78 is 55.7. The molecule has 4 aromatic rings. The van der Waals surface area contributed by atoms with Crippen LogP contribution in [0.25, 0.3) is 0 Å². The summed E-state index contributed by atoms with van der Waals surface area (Å²) in [5.74, 6) is -0.974. The van der Waals surface area contributed by atoms with Crippen LogP contribution in [0.1, 0.15) is 33.5 Å². The number of hydrogen-bond donors (Lipinski definition) is 1. The summed E-state index contributed by atoms with van der Waals surface area (Å²) >= 11 is 6.07. The minimum absolute atomic E-state index is 0.121. The highest BCUT2D eigenvalue weighted by atomic mass is 35.5. The van der Waals surface area contributed by atoms with Crippen molar-refractivity contribution in [2.75, 3.05) is 0 Å². The van der Waals surface area contributed by atoms with Gasteiger partial charge in [0.05, 0.1) is 21.8 Å². The topological polar surface area (TPSA) is 24.9 Å². The quantitative estimate of drug-likeness (QED) is 0.267. The van der Waals surface area contributed by atoms with Crippen LogP contribution in [0.2, 0.25) is 5.02 Å². The zero-order valence-corrected chi connectivity index (χ0v) is 19.7. The third-order valence-corrected chi connectivity index (χ3v) is 6.13. The fourth-order valence-corrected chi connectivity index (χ4v) is 4.20. The third kappa shape index (κ3) is 5.89. The van der Waals surface area contributed by atoms with Crippen LogP contribution in [0.4, 0.5) is 17.6 Å². The maximum absolute atomic E-state index is 14.6. The van der Waals surface area contributed by atoms with Crippen LogP contribution in [0.15, 0.2) is 91.1 Å². The molecule has 4 rings (SSSR count). The van der Waals surface area contributed by atoms with Gasteiger partial charge in [-0.15, -0.1) is 0 Å². The molecule has 35 heavy (non-hydrogen) atoms. The Labute approximate surface area is 206 Å². The van der Waals surface area contributed by atoms with Gasteiger partial charge in [-0.2, -0.15) is 13.2 Å². The molecule has 0 radical (unpaired) electrons. The van der Waals surface area contributed by atoms with E-state index in [1.807, 2.05) is 61.5 Å². The van der Waals surface area contributed by atoms with Crippen molar-refractivity contribution in [1.29, 1.82) is 0 Å². The van der Waals surface area contributed by atoms with Gasteiger partial charge in [-0.05, 0) is 53.9 Å². The van der Waals surface area contributed by atoms with Crippen LogP contribution < -0.4 is 5.32 Å². The van der Waals surface area contributed by atoms with Gasteiger partial charge in [-0.1, -0.05) is 71.8 Å². The Bertz CT molecular complexity index is 1270. The van der Waals surface area contributed by atoms with Gasteiger partial charge in [0.15, 0.2) is 0 Å². The molecule has 0 aliphatic heterocycles. The molecular weight excluding hydrogens is 476 g/mol. The van der Waals surface area contributed by atoms with Crippen molar-refractivity contribution in [3.63, 3.8) is 0 Å². The summed E-state index contributed by atoms with van der Waals surface area (Å²) in [6, 6.07) is 23.0. The summed E-state index contributed by atoms with van der Waals surface area (Å²) in [6.07, 6.45) is -3.04. The molecule has 3 aromatic carbocycles. The number of pyridine rings is 1. The monoisotopic (exact) mass is 498 g/mol. The van der Waals surface area contributed by atoms with Crippen molar-refractivity contribution in [2.45, 2.75) is 31.6 Å². The summed E-state index contributed by atoms with van der Waals surface area (Å²) in [5.41, 5.74) is 1.07. The van der Waals surface area contributed by atoms with Gasteiger partial charge < -0.3 is 0 Å². The second kappa shape index (κ2) is 10.2. The van der Waals surface area contributed by atoms with Crippen molar-refractivity contribution >= 4 is 11.6 Å². The van der Waals surface area contributed by atoms with E-state index in [0.29, 0.717) is 23.3 Å². The van der Waals surface area contributed by atoms with Crippen molar-refractivity contribution in [1.82, 2.24) is 10.3 Å². The highest BCUT2D eigenvalue weighted by Gasteiger charge is 2.39. The Morgan fingerprint density at radius 3 is 2.14 bits per heavy atom. The molecular formula is C28H23ClF4N2. The number of rotatable bonds is 7. The second-order valence-electron chi connectivity index (χ2n) is 8.49. The van der Waals surface area contributed by atoms with Crippen molar-refractivity contribution in [3.8, 4) is 0 Å². The van der Waals surface area contributed by atoms with Gasteiger partial charge in [0.25, 0.3) is 0 Å². The standard InChI is InChI=1S/C28H23ClF4N2/c1-19-7-9-21(10-8-19)17-35-27(16-20-5-3-2-4-6-20,26-12-11-24(29)18-34-26)22-13-23(28(31,32)33)15-25(30)14-22/h2-15,18,35H,16-17H2,1H3. The predicted molar refractivity (Wildman–Crippen MR) is 130 cm³/mol. The Kier molecular flexibility index (Phi) is 7.24. The molecule has 0 bridgehead atoms. The SMILES string of the molecule is Cc1ccc(CNC(Cc2ccccc2)(c2cc(F)cc(C(F)(F)F)c2)c2ccc(Cl)cn2)cc1. The van der Waals surface area contributed by atoms with E-state index in [2.05, 4.69) is 10.3 Å². The molecule has 0 amide bonds. The number of nitrogens with zero attached hydrogens (tertiary/aromatic N) is 1. The molecule has 2 nitrogen and oxygen atoms in total. The Balaban J connectivity index is 1.92. The smallest absolute Gasteiger partial charge is 0.298 e. The van der Waals surface area contributed by atoms with Crippen LogP contribution in [-0.4, -0.2) is 4.98 Å². The molecule has 1 unspecified atom stereocenters. The summed E-state index contributed by atoms with van der Waals surface area (Å²) in [6.45, 7) is 2.29. The molecule has 0 saturated heterocycles. The first-order valence-electron chi connectivity index (χ1n) is 11.0. The van der Waals surface area contributed by atoms with Gasteiger partial charge in [-0.25, -0.2) is 4.39 Å². The number of aromatic nitrogens is 1. The molecule has 180 valence electrons. The summed E-state index contributed by atoms with van der Waals surface area (Å²) in [4.78, 5) is 4.47. The maximum Gasteiger partial charge on any atom is 0.416 e. The zero-order chi connectivity index (χ0) is 25.1. The Morgan fingerprint density at radius 1 is 0.829 bits per heavy atom. The van der Waals surface area contributed by atoms with Gasteiger partial charge in [-0.3, -0.25) is 10.3 Å². The lowest BCUT2D eigenvalue weighted by molar-refractivity contribution is -0.137. The zero-order valence-electron chi connectivity index (χ0n) is 18.9. The number of aryl methyl sites for hydroxylation is 1. The Morgan fingerprint density at radius 2 is 1.51 bits per heavy atom. The maximum atomic E-state index is 14.6. The van der Waals surface area contributed by atoms with Crippen molar-refractivity contribution < 1.29 is 17.6 Å². The van der Waals surface area contributed by atoms with Gasteiger partial charge in [0.1, 0.15) is 5.82 Å². The lowest BCUT2D eigenvalue weighted by Gasteiger charge is -2.36. The van der Waals surface area contributed by atoms with Gasteiger partial charge >= 0.3 is 6.18 Å². The van der Waals surface area contributed by atoms with E-state index in [4.69, 9.17) is 11.6 Å². The fourth-order valence-electron chi connectivity index (χ4n) is 4.08. The van der Waals surface area contributed by atoms with Crippen LogP contribution in [0, 0.1) is 12.7 Å². The van der Waals surface area contributed by atoms with Crippen LogP contribution in [0.3, 0.4) is 0 Å². The molecule has 0 aliphatic carbocycles. The minimum atomic E-state index is -4.71. The van der Waals surface area contributed by atoms with Crippen LogP contribution in [-0.2, 0) is 24.7 Å².